The van der Waals surface area contributed by atoms with E-state index < -0.39 is 0 Å². The maximum absolute atomic E-state index is 12.6. The van der Waals surface area contributed by atoms with Gasteiger partial charge in [-0.05, 0) is 70.6 Å². The van der Waals surface area contributed by atoms with Crippen LogP contribution in [0.15, 0.2) is 42.6 Å². The standard InChI is InChI=1S/C29H40N8O2S/c1-20-17-36(18-21(2)39-20)19-22-15-25(31-23-9-13-37(14-10-23)27(38)8-6-12-35(3)4)33-26(16-22)34-29-32-24-7-5-11-30-28(24)40-29/h5-8,11,15-16,20-21,23H,9-10,12-14,17-19H2,1-4H3,(H2,31,32,33,34)/b8-6+/t20-,21+. The lowest BCUT2D eigenvalue weighted by Gasteiger charge is -2.35. The molecule has 0 spiro atoms. The summed E-state index contributed by atoms with van der Waals surface area (Å²) in [5.74, 6) is 1.68. The van der Waals surface area contributed by atoms with Crippen LogP contribution in [0.5, 0.6) is 0 Å². The highest BCUT2D eigenvalue weighted by Crippen LogP contribution is 2.28. The van der Waals surface area contributed by atoms with Gasteiger partial charge in [0, 0.05) is 57.6 Å². The van der Waals surface area contributed by atoms with Gasteiger partial charge in [-0.25, -0.2) is 15.0 Å². The van der Waals surface area contributed by atoms with Crippen LogP contribution in [-0.2, 0) is 16.1 Å². The van der Waals surface area contributed by atoms with Gasteiger partial charge < -0.3 is 25.2 Å². The summed E-state index contributed by atoms with van der Waals surface area (Å²) in [5, 5.41) is 7.86. The predicted octanol–water partition coefficient (Wildman–Crippen LogP) is 3.96. The van der Waals surface area contributed by atoms with E-state index in [1.807, 2.05) is 42.1 Å². The van der Waals surface area contributed by atoms with E-state index in [4.69, 9.17) is 9.72 Å². The van der Waals surface area contributed by atoms with Gasteiger partial charge in [0.2, 0.25) is 5.91 Å². The molecule has 0 unspecified atom stereocenters. The summed E-state index contributed by atoms with van der Waals surface area (Å²) in [6.45, 7) is 9.10. The van der Waals surface area contributed by atoms with Crippen molar-refractivity contribution in [3.05, 3.63) is 48.2 Å². The quantitative estimate of drug-likeness (QED) is 0.374. The van der Waals surface area contributed by atoms with Gasteiger partial charge >= 0.3 is 0 Å². The molecule has 10 nitrogen and oxygen atoms in total. The lowest BCUT2D eigenvalue weighted by atomic mass is 10.0. The van der Waals surface area contributed by atoms with Gasteiger partial charge in [0.15, 0.2) is 5.13 Å². The molecule has 2 aliphatic rings. The van der Waals surface area contributed by atoms with Crippen molar-refractivity contribution in [1.82, 2.24) is 29.7 Å². The molecule has 2 saturated heterocycles. The summed E-state index contributed by atoms with van der Waals surface area (Å²) >= 11 is 1.52. The predicted molar refractivity (Wildman–Crippen MR) is 161 cm³/mol. The Bertz CT molecular complexity index is 1280. The number of morpholine rings is 1. The molecule has 3 aromatic heterocycles. The fraction of sp³-hybridized carbons (Fsp3) is 0.517. The topological polar surface area (TPSA) is 98.8 Å². The number of piperidine rings is 1. The number of amides is 1. The molecule has 0 radical (unpaired) electrons. The monoisotopic (exact) mass is 564 g/mol. The van der Waals surface area contributed by atoms with Crippen LogP contribution in [0.3, 0.4) is 0 Å². The largest absolute Gasteiger partial charge is 0.373 e. The van der Waals surface area contributed by atoms with E-state index in [2.05, 4.69) is 51.5 Å². The van der Waals surface area contributed by atoms with E-state index in [0.29, 0.717) is 0 Å². The zero-order chi connectivity index (χ0) is 28.1. The van der Waals surface area contributed by atoms with Crippen LogP contribution in [0.2, 0.25) is 0 Å². The Balaban J connectivity index is 1.28. The van der Waals surface area contributed by atoms with Gasteiger partial charge in [0.1, 0.15) is 22.0 Å². The number of carbonyl (C=O) groups is 1. The van der Waals surface area contributed by atoms with Crippen molar-refractivity contribution in [2.75, 3.05) is 57.5 Å². The number of nitrogens with zero attached hydrogens (tertiary/aromatic N) is 6. The Kier molecular flexibility index (Phi) is 9.25. The molecule has 5 heterocycles. The number of pyridine rings is 2. The van der Waals surface area contributed by atoms with Crippen LogP contribution in [0.25, 0.3) is 10.3 Å². The van der Waals surface area contributed by atoms with Gasteiger partial charge in [-0.3, -0.25) is 9.69 Å². The molecule has 0 aliphatic carbocycles. The van der Waals surface area contributed by atoms with Crippen molar-refractivity contribution in [2.45, 2.75) is 51.5 Å². The minimum absolute atomic E-state index is 0.0891. The van der Waals surface area contributed by atoms with E-state index in [9.17, 15) is 4.79 Å². The highest BCUT2D eigenvalue weighted by atomic mass is 32.1. The second-order valence-corrected chi connectivity index (χ2v) is 12.1. The average Bonchev–Trinajstić information content (AvgIpc) is 3.30. The number of anilines is 3. The van der Waals surface area contributed by atoms with Crippen molar-refractivity contribution >= 4 is 44.4 Å². The number of ether oxygens (including phenoxy) is 1. The Morgan fingerprint density at radius 1 is 1.15 bits per heavy atom. The first kappa shape index (κ1) is 28.4. The molecule has 0 saturated carbocycles. The molecule has 2 N–H and O–H groups in total. The third-order valence-electron chi connectivity index (χ3n) is 7.08. The van der Waals surface area contributed by atoms with Crippen LogP contribution < -0.4 is 10.6 Å². The van der Waals surface area contributed by atoms with E-state index in [0.717, 1.165) is 79.2 Å². The van der Waals surface area contributed by atoms with Crippen LogP contribution in [-0.4, -0.2) is 101 Å². The number of likely N-dealkylation sites (tertiary alicyclic amines) is 1. The second kappa shape index (κ2) is 13.0. The Morgan fingerprint density at radius 3 is 2.62 bits per heavy atom. The van der Waals surface area contributed by atoms with Crippen LogP contribution >= 0.6 is 11.3 Å². The zero-order valence-corrected chi connectivity index (χ0v) is 24.7. The minimum atomic E-state index is 0.0891. The molecule has 11 heteroatoms. The normalized spacial score (nSPS) is 21.0. The van der Waals surface area contributed by atoms with Crippen molar-refractivity contribution in [3.63, 3.8) is 0 Å². The minimum Gasteiger partial charge on any atom is -0.373 e. The molecule has 2 aliphatic heterocycles. The number of likely N-dealkylation sites (N-methyl/N-ethyl adjacent to an activating group) is 1. The van der Waals surface area contributed by atoms with Crippen LogP contribution in [0.4, 0.5) is 16.8 Å². The number of hydrogen-bond acceptors (Lipinski definition) is 10. The number of nitrogens with one attached hydrogen (secondary N) is 2. The Hall–Kier alpha value is -3.12. The maximum Gasteiger partial charge on any atom is 0.246 e. The molecule has 3 aromatic rings. The fourth-order valence-corrected chi connectivity index (χ4v) is 6.16. The molecule has 1 amide bonds. The van der Waals surface area contributed by atoms with Gasteiger partial charge in [-0.2, -0.15) is 0 Å². The van der Waals surface area contributed by atoms with E-state index in [-0.39, 0.29) is 24.2 Å². The summed E-state index contributed by atoms with van der Waals surface area (Å²) in [6, 6.07) is 8.38. The van der Waals surface area contributed by atoms with E-state index >= 15 is 0 Å². The summed E-state index contributed by atoms with van der Waals surface area (Å²) < 4.78 is 5.94. The highest BCUT2D eigenvalue weighted by Gasteiger charge is 2.24. The smallest absolute Gasteiger partial charge is 0.246 e. The number of aromatic nitrogens is 3. The molecular formula is C29H40N8O2S. The molecule has 5 rings (SSSR count). The summed E-state index contributed by atoms with van der Waals surface area (Å²) in [6.07, 6.45) is 7.58. The SMILES string of the molecule is C[C@@H]1CN(Cc2cc(Nc3nc4cccnc4s3)nc(NC3CCN(C(=O)/C=C/CN(C)C)CC3)c2)C[C@H](C)O1. The number of thiazole rings is 1. The van der Waals surface area contributed by atoms with Crippen LogP contribution in [0, 0.1) is 0 Å². The Labute approximate surface area is 240 Å². The molecule has 40 heavy (non-hydrogen) atoms. The number of fused-ring (bicyclic) bond motifs is 1. The molecule has 0 aromatic carbocycles. The molecular weight excluding hydrogens is 524 g/mol. The van der Waals surface area contributed by atoms with Crippen molar-refractivity contribution in [3.8, 4) is 0 Å². The summed E-state index contributed by atoms with van der Waals surface area (Å²) in [5.41, 5.74) is 2.05. The van der Waals surface area contributed by atoms with E-state index in [1.165, 1.54) is 16.9 Å². The molecule has 2 atom stereocenters. The number of hydrogen-bond donors (Lipinski definition) is 2. The lowest BCUT2D eigenvalue weighted by Crippen LogP contribution is -2.44. The second-order valence-electron chi connectivity index (χ2n) is 11.1. The molecule has 214 valence electrons. The average molecular weight is 565 g/mol. The van der Waals surface area contributed by atoms with E-state index in [1.54, 1.807) is 12.3 Å². The van der Waals surface area contributed by atoms with Crippen LogP contribution in [0.1, 0.15) is 32.3 Å². The van der Waals surface area contributed by atoms with Crippen molar-refractivity contribution < 1.29 is 9.53 Å². The first-order valence-corrected chi connectivity index (χ1v) is 14.9. The molecule has 0 bridgehead atoms. The van der Waals surface area contributed by atoms with Gasteiger partial charge in [0.25, 0.3) is 0 Å². The van der Waals surface area contributed by atoms with Crippen molar-refractivity contribution in [2.24, 2.45) is 0 Å². The van der Waals surface area contributed by atoms with Gasteiger partial charge in [0.05, 0.1) is 12.2 Å². The zero-order valence-electron chi connectivity index (χ0n) is 23.8. The first-order chi connectivity index (χ1) is 19.3. The molecule has 2 fully saturated rings. The summed E-state index contributed by atoms with van der Waals surface area (Å²) in [7, 11) is 3.99. The van der Waals surface area contributed by atoms with Gasteiger partial charge in [-0.1, -0.05) is 17.4 Å². The first-order valence-electron chi connectivity index (χ1n) is 14.0. The summed E-state index contributed by atoms with van der Waals surface area (Å²) in [4.78, 5) is 33.9. The fourth-order valence-electron chi connectivity index (χ4n) is 5.34. The van der Waals surface area contributed by atoms with Crippen molar-refractivity contribution in [1.29, 1.82) is 0 Å². The van der Waals surface area contributed by atoms with Gasteiger partial charge in [-0.15, -0.1) is 0 Å². The maximum atomic E-state index is 12.6. The lowest BCUT2D eigenvalue weighted by molar-refractivity contribution is -0.126. The highest BCUT2D eigenvalue weighted by molar-refractivity contribution is 7.21. The third kappa shape index (κ3) is 7.75. The Morgan fingerprint density at radius 2 is 1.90 bits per heavy atom. The third-order valence-corrected chi connectivity index (χ3v) is 7.97. The number of rotatable bonds is 9. The number of carbonyl (C=O) groups excluding carboxylic acids is 1.